The van der Waals surface area contributed by atoms with E-state index >= 15 is 0 Å². The summed E-state index contributed by atoms with van der Waals surface area (Å²) in [4.78, 5) is 0. The molecule has 6 heterocycles. The number of rotatable bonds is 8. The summed E-state index contributed by atoms with van der Waals surface area (Å²) in [5.41, 5.74) is 22.6. The van der Waals surface area contributed by atoms with Gasteiger partial charge in [-0.05, 0) is 140 Å². The Morgan fingerprint density at radius 3 is 0.989 bits per heavy atom. The lowest BCUT2D eigenvalue weighted by Crippen LogP contribution is -1.92. The van der Waals surface area contributed by atoms with Crippen LogP contribution >= 0.6 is 45.3 Å². The summed E-state index contributed by atoms with van der Waals surface area (Å²) in [6, 6.07) is 120. The zero-order valence-corrected chi connectivity index (χ0v) is 54.0. The van der Waals surface area contributed by atoms with Gasteiger partial charge in [0.25, 0.3) is 0 Å². The van der Waals surface area contributed by atoms with Crippen molar-refractivity contribution in [2.75, 3.05) is 0 Å². The molecule has 0 spiro atoms. The van der Waals surface area contributed by atoms with Gasteiger partial charge in [-0.25, -0.2) is 0 Å². The molecule has 0 aliphatic rings. The molecule has 0 atom stereocenters. The monoisotopic (exact) mass is 1270 g/mol. The van der Waals surface area contributed by atoms with E-state index in [2.05, 4.69) is 337 Å². The fraction of sp³-hybridized carbons (Fsp3) is 0. The molecular formula is C88H54N2S4. The highest BCUT2D eigenvalue weighted by Gasteiger charge is 2.22. The number of hydrogen-bond acceptors (Lipinski definition) is 4. The number of para-hydroxylation sites is 4. The van der Waals surface area contributed by atoms with Crippen molar-refractivity contribution in [2.24, 2.45) is 0 Å². The molecule has 6 aromatic heterocycles. The number of aromatic nitrogens is 2. The van der Waals surface area contributed by atoms with Gasteiger partial charge in [0, 0.05) is 82.7 Å². The third-order valence-electron chi connectivity index (χ3n) is 18.8. The smallest absolute Gasteiger partial charge is 0.0727 e. The summed E-state index contributed by atoms with van der Waals surface area (Å²) in [6.45, 7) is 0. The topological polar surface area (TPSA) is 9.86 Å². The molecule has 0 bridgehead atoms. The second kappa shape index (κ2) is 22.4. The van der Waals surface area contributed by atoms with Gasteiger partial charge in [0.05, 0.1) is 31.5 Å². The van der Waals surface area contributed by atoms with Crippen LogP contribution in [0.5, 0.6) is 0 Å². The molecule has 440 valence electrons. The van der Waals surface area contributed by atoms with Crippen LogP contribution in [0, 0.1) is 0 Å². The second-order valence-corrected chi connectivity index (χ2v) is 28.5. The first-order valence-corrected chi connectivity index (χ1v) is 35.1. The minimum absolute atomic E-state index is 1.20. The Bertz CT molecular complexity index is 6340. The van der Waals surface area contributed by atoms with E-state index < -0.39 is 0 Å². The van der Waals surface area contributed by atoms with E-state index in [1.807, 2.05) is 45.3 Å². The highest BCUT2D eigenvalue weighted by molar-refractivity contribution is 7.28. The Labute approximate surface area is 558 Å². The van der Waals surface area contributed by atoms with Crippen molar-refractivity contribution in [3.63, 3.8) is 0 Å². The van der Waals surface area contributed by atoms with Crippen molar-refractivity contribution in [3.8, 4) is 78.1 Å². The molecule has 0 N–H and O–H groups in total. The highest BCUT2D eigenvalue weighted by Crippen LogP contribution is 2.48. The average molecular weight is 1270 g/mol. The molecule has 2 nitrogen and oxygen atoms in total. The molecule has 0 aliphatic heterocycles. The molecule has 0 radical (unpaired) electrons. The molecule has 94 heavy (non-hydrogen) atoms. The molecule has 20 aromatic rings. The van der Waals surface area contributed by atoms with Crippen molar-refractivity contribution in [1.82, 2.24) is 9.13 Å². The summed E-state index contributed by atoms with van der Waals surface area (Å²) in [5.74, 6) is 0. The minimum atomic E-state index is 1.20. The van der Waals surface area contributed by atoms with Crippen molar-refractivity contribution in [3.05, 3.63) is 328 Å². The third-order valence-corrected chi connectivity index (χ3v) is 23.6. The Morgan fingerprint density at radius 1 is 0.181 bits per heavy atom. The summed E-state index contributed by atoms with van der Waals surface area (Å²) in [7, 11) is 0. The molecule has 20 rings (SSSR count). The molecule has 0 unspecified atom stereocenters. The maximum absolute atomic E-state index is 2.43. The lowest BCUT2D eigenvalue weighted by molar-refractivity contribution is 1.19. The number of nitrogens with zero attached hydrogens (tertiary/aromatic N) is 2. The van der Waals surface area contributed by atoms with Crippen molar-refractivity contribution in [1.29, 1.82) is 0 Å². The number of thiophene rings is 4. The van der Waals surface area contributed by atoms with Crippen LogP contribution < -0.4 is 0 Å². The van der Waals surface area contributed by atoms with E-state index in [4.69, 9.17) is 0 Å². The van der Waals surface area contributed by atoms with Crippen LogP contribution in [-0.2, 0) is 0 Å². The zero-order valence-electron chi connectivity index (χ0n) is 50.7. The van der Waals surface area contributed by atoms with E-state index in [0.717, 1.165) is 0 Å². The molecule has 0 saturated carbocycles. The van der Waals surface area contributed by atoms with Gasteiger partial charge < -0.3 is 9.13 Å². The van der Waals surface area contributed by atoms with Crippen LogP contribution in [0.3, 0.4) is 0 Å². The number of hydrogen-bond donors (Lipinski definition) is 0. The van der Waals surface area contributed by atoms with E-state index in [9.17, 15) is 0 Å². The lowest BCUT2D eigenvalue weighted by Gasteiger charge is -2.09. The summed E-state index contributed by atoms with van der Waals surface area (Å²) in [6.07, 6.45) is 0. The van der Waals surface area contributed by atoms with Crippen LogP contribution in [0.1, 0.15) is 0 Å². The van der Waals surface area contributed by atoms with Gasteiger partial charge in [-0.3, -0.25) is 0 Å². The van der Waals surface area contributed by atoms with E-state index in [0.29, 0.717) is 0 Å². The fourth-order valence-corrected chi connectivity index (χ4v) is 19.5. The first kappa shape index (κ1) is 54.7. The summed E-state index contributed by atoms with van der Waals surface area (Å²) < 4.78 is 15.5. The summed E-state index contributed by atoms with van der Waals surface area (Å²) >= 11 is 7.59. The predicted molar refractivity (Wildman–Crippen MR) is 411 cm³/mol. The van der Waals surface area contributed by atoms with Gasteiger partial charge in [0.2, 0.25) is 0 Å². The van der Waals surface area contributed by atoms with Gasteiger partial charge >= 0.3 is 0 Å². The molecule has 6 heteroatoms. The van der Waals surface area contributed by atoms with Crippen LogP contribution in [0.2, 0.25) is 0 Å². The lowest BCUT2D eigenvalue weighted by atomic mass is 9.97. The predicted octanol–water partition coefficient (Wildman–Crippen LogP) is 26.7. The SMILES string of the molecule is c1ccc(-c2ccc3c(c2)sc2cc(-c4cccc(-c5ccc6c(c5)sc5c7ccccc7n(-c7ccccc7)c65)c4)ccc23)cc1.c1ccc(-c2cccc3c2sc2c(-c4cccc(-c5ccc6c(c5)sc5c7ccccc7n(-c7ccccc7)c65)c4)cccc23)cc1. The third kappa shape index (κ3) is 9.09. The van der Waals surface area contributed by atoms with Crippen molar-refractivity contribution in [2.45, 2.75) is 0 Å². The maximum atomic E-state index is 2.43. The standard InChI is InChI=1S/2C44H27NS2/c1-3-12-28(13-4-1)33-19-10-21-35-36-22-11-20-34(43(36)47-42(33)35)31-15-9-14-29(26-31)30-24-25-38-40(27-30)46-44-37-18-7-8-23-39(37)45(41(38)44)32-16-5-2-6-17-32;1-3-10-28(11-4-1)31-18-21-35-36-22-19-32(26-41(36)46-40(35)25-31)29-12-9-13-30(24-29)33-20-23-38-42(27-33)47-44-37-16-7-8-17-39(37)45(43(38)44)34-14-5-2-6-15-34/h2*1-27H. The van der Waals surface area contributed by atoms with Gasteiger partial charge in [-0.2, -0.15) is 0 Å². The van der Waals surface area contributed by atoms with Crippen LogP contribution in [0.15, 0.2) is 328 Å². The van der Waals surface area contributed by atoms with Gasteiger partial charge in [0.15, 0.2) is 0 Å². The number of benzene rings is 14. The van der Waals surface area contributed by atoms with E-state index in [1.165, 1.54) is 181 Å². The van der Waals surface area contributed by atoms with E-state index in [1.54, 1.807) is 0 Å². The van der Waals surface area contributed by atoms with Crippen molar-refractivity contribution >= 4 is 148 Å². The minimum Gasteiger partial charge on any atom is -0.308 e. The Hall–Kier alpha value is -11.0. The molecule has 0 amide bonds. The highest BCUT2D eigenvalue weighted by atomic mass is 32.1. The van der Waals surface area contributed by atoms with E-state index in [-0.39, 0.29) is 0 Å². The normalized spacial score (nSPS) is 11.8. The Balaban J connectivity index is 0.000000133. The quantitative estimate of drug-likeness (QED) is 0.143. The molecule has 14 aromatic carbocycles. The molecular weight excluding hydrogens is 1210 g/mol. The van der Waals surface area contributed by atoms with Gasteiger partial charge in [0.1, 0.15) is 0 Å². The molecule has 0 aliphatic carbocycles. The second-order valence-electron chi connectivity index (χ2n) is 24.2. The Morgan fingerprint density at radius 2 is 0.511 bits per heavy atom. The summed E-state index contributed by atoms with van der Waals surface area (Å²) in [5, 5.41) is 10.5. The van der Waals surface area contributed by atoms with Crippen molar-refractivity contribution < 1.29 is 0 Å². The molecule has 0 fully saturated rings. The largest absolute Gasteiger partial charge is 0.308 e. The van der Waals surface area contributed by atoms with Crippen LogP contribution in [0.25, 0.3) is 181 Å². The maximum Gasteiger partial charge on any atom is 0.0727 e. The first-order valence-electron chi connectivity index (χ1n) is 31.9. The zero-order chi connectivity index (χ0) is 61.8. The van der Waals surface area contributed by atoms with Crippen LogP contribution in [-0.4, -0.2) is 9.13 Å². The first-order chi connectivity index (χ1) is 46.6. The van der Waals surface area contributed by atoms with Crippen LogP contribution in [0.4, 0.5) is 0 Å². The van der Waals surface area contributed by atoms with Gasteiger partial charge in [-0.1, -0.05) is 255 Å². The molecule has 0 saturated heterocycles. The Kier molecular flexibility index (Phi) is 13.1. The number of fused-ring (bicyclic) bond motifs is 16. The average Bonchev–Trinajstić information content (AvgIpc) is 1.58. The fourth-order valence-electron chi connectivity index (χ4n) is 14.4. The van der Waals surface area contributed by atoms with Gasteiger partial charge in [-0.15, -0.1) is 45.3 Å².